The molecule has 6 aromatic carbocycles. The molecule has 0 atom stereocenters. The molecule has 0 saturated heterocycles. The molecule has 234 valence electrons. The van der Waals surface area contributed by atoms with Crippen molar-refractivity contribution in [2.24, 2.45) is 0 Å². The molecule has 0 bridgehead atoms. The SMILES string of the molecule is c1ccc(-c2ccc(-c3nc(-c4ccccc4)nc(-c4c(-n5c6ccccc6c6ccccc65)ccc5oc6cnccc6c45)n3)cc2)cc1. The zero-order chi connectivity index (χ0) is 33.0. The van der Waals surface area contributed by atoms with Gasteiger partial charge < -0.3 is 8.98 Å². The summed E-state index contributed by atoms with van der Waals surface area (Å²) >= 11 is 0. The molecule has 0 saturated carbocycles. The van der Waals surface area contributed by atoms with Gasteiger partial charge in [-0.3, -0.25) is 4.98 Å². The lowest BCUT2D eigenvalue weighted by atomic mass is 10.0. The molecule has 0 amide bonds. The van der Waals surface area contributed by atoms with Gasteiger partial charge in [0.1, 0.15) is 5.58 Å². The van der Waals surface area contributed by atoms with Gasteiger partial charge in [0.15, 0.2) is 23.1 Å². The fourth-order valence-electron chi connectivity index (χ4n) is 7.08. The van der Waals surface area contributed by atoms with Crippen LogP contribution < -0.4 is 0 Å². The number of fused-ring (bicyclic) bond motifs is 6. The van der Waals surface area contributed by atoms with Crippen molar-refractivity contribution in [1.82, 2.24) is 24.5 Å². The van der Waals surface area contributed by atoms with Crippen molar-refractivity contribution < 1.29 is 4.42 Å². The van der Waals surface area contributed by atoms with Gasteiger partial charge in [0.2, 0.25) is 0 Å². The lowest BCUT2D eigenvalue weighted by Crippen LogP contribution is -2.04. The molecule has 0 radical (unpaired) electrons. The summed E-state index contributed by atoms with van der Waals surface area (Å²) in [4.78, 5) is 19.9. The Kier molecular flexibility index (Phi) is 6.39. The molecule has 4 heterocycles. The Balaban J connectivity index is 1.29. The highest BCUT2D eigenvalue weighted by atomic mass is 16.3. The van der Waals surface area contributed by atoms with Crippen molar-refractivity contribution in [2.45, 2.75) is 0 Å². The van der Waals surface area contributed by atoms with Gasteiger partial charge in [-0.05, 0) is 41.5 Å². The van der Waals surface area contributed by atoms with Crippen LogP contribution in [0.1, 0.15) is 0 Å². The number of aromatic nitrogens is 5. The van der Waals surface area contributed by atoms with Crippen LogP contribution in [0.4, 0.5) is 0 Å². The summed E-state index contributed by atoms with van der Waals surface area (Å²) in [6, 6.07) is 52.1. The lowest BCUT2D eigenvalue weighted by Gasteiger charge is -2.16. The van der Waals surface area contributed by atoms with Gasteiger partial charge in [-0.15, -0.1) is 0 Å². The third-order valence-corrected chi connectivity index (χ3v) is 9.38. The summed E-state index contributed by atoms with van der Waals surface area (Å²) in [6.07, 6.45) is 3.57. The predicted molar refractivity (Wildman–Crippen MR) is 201 cm³/mol. The molecule has 0 N–H and O–H groups in total. The van der Waals surface area contributed by atoms with Gasteiger partial charge in [0.25, 0.3) is 0 Å². The van der Waals surface area contributed by atoms with Crippen LogP contribution in [0.3, 0.4) is 0 Å². The minimum Gasteiger partial charge on any atom is -0.454 e. The zero-order valence-electron chi connectivity index (χ0n) is 26.7. The average Bonchev–Trinajstić information content (AvgIpc) is 3.74. The molecule has 6 heteroatoms. The smallest absolute Gasteiger partial charge is 0.166 e. The van der Waals surface area contributed by atoms with E-state index in [0.717, 1.165) is 60.9 Å². The molecule has 10 rings (SSSR count). The second kappa shape index (κ2) is 11.4. The molecule has 0 unspecified atom stereocenters. The first-order chi connectivity index (χ1) is 24.8. The highest BCUT2D eigenvalue weighted by Crippen LogP contribution is 2.42. The monoisotopic (exact) mass is 641 g/mol. The molecule has 6 nitrogen and oxygen atoms in total. The number of furan rings is 1. The maximum Gasteiger partial charge on any atom is 0.166 e. The molecule has 50 heavy (non-hydrogen) atoms. The molecular formula is C44H27N5O. The molecule has 0 aliphatic rings. The molecule has 0 aliphatic heterocycles. The quantitative estimate of drug-likeness (QED) is 0.187. The van der Waals surface area contributed by atoms with Crippen molar-refractivity contribution >= 4 is 43.7 Å². The normalized spacial score (nSPS) is 11.6. The van der Waals surface area contributed by atoms with E-state index in [9.17, 15) is 0 Å². The average molecular weight is 642 g/mol. The number of benzene rings is 6. The van der Waals surface area contributed by atoms with E-state index < -0.39 is 0 Å². The molecular weight excluding hydrogens is 615 g/mol. The Bertz CT molecular complexity index is 2800. The molecule has 10 aromatic rings. The van der Waals surface area contributed by atoms with E-state index in [1.165, 1.54) is 10.8 Å². The van der Waals surface area contributed by atoms with Crippen LogP contribution in [0.5, 0.6) is 0 Å². The van der Waals surface area contributed by atoms with E-state index in [-0.39, 0.29) is 0 Å². The van der Waals surface area contributed by atoms with Crippen LogP contribution in [0.25, 0.3) is 94.7 Å². The van der Waals surface area contributed by atoms with Crippen LogP contribution in [0.2, 0.25) is 0 Å². The summed E-state index contributed by atoms with van der Waals surface area (Å²) in [6.45, 7) is 0. The molecule has 0 fully saturated rings. The van der Waals surface area contributed by atoms with Crippen LogP contribution in [0, 0.1) is 0 Å². The zero-order valence-corrected chi connectivity index (χ0v) is 26.7. The van der Waals surface area contributed by atoms with E-state index in [2.05, 4.69) is 113 Å². The maximum absolute atomic E-state index is 6.40. The van der Waals surface area contributed by atoms with Gasteiger partial charge in [-0.25, -0.2) is 15.0 Å². The van der Waals surface area contributed by atoms with E-state index in [1.807, 2.05) is 48.5 Å². The summed E-state index contributed by atoms with van der Waals surface area (Å²) in [5.74, 6) is 1.74. The third kappa shape index (κ3) is 4.50. The minimum absolute atomic E-state index is 0.558. The summed E-state index contributed by atoms with van der Waals surface area (Å²) in [5, 5.41) is 4.23. The van der Waals surface area contributed by atoms with Gasteiger partial charge in [0, 0.05) is 38.9 Å². The number of hydrogen-bond donors (Lipinski definition) is 0. The van der Waals surface area contributed by atoms with Crippen molar-refractivity contribution in [3.8, 4) is 51.0 Å². The van der Waals surface area contributed by atoms with E-state index in [0.29, 0.717) is 23.1 Å². The highest BCUT2D eigenvalue weighted by Gasteiger charge is 2.24. The Hall–Kier alpha value is -6.92. The van der Waals surface area contributed by atoms with E-state index in [1.54, 1.807) is 12.4 Å². The Morgan fingerprint density at radius 2 is 0.960 bits per heavy atom. The lowest BCUT2D eigenvalue weighted by molar-refractivity contribution is 0.667. The first-order valence-corrected chi connectivity index (χ1v) is 16.6. The number of nitrogens with zero attached hydrogens (tertiary/aromatic N) is 5. The molecule has 4 aromatic heterocycles. The summed E-state index contributed by atoms with van der Waals surface area (Å²) in [5.41, 5.74) is 9.54. The number of para-hydroxylation sites is 2. The largest absolute Gasteiger partial charge is 0.454 e. The Labute approximate surface area is 287 Å². The summed E-state index contributed by atoms with van der Waals surface area (Å²) < 4.78 is 8.72. The van der Waals surface area contributed by atoms with Crippen LogP contribution in [-0.4, -0.2) is 24.5 Å². The van der Waals surface area contributed by atoms with Crippen LogP contribution in [-0.2, 0) is 0 Å². The topological polar surface area (TPSA) is 69.6 Å². The maximum atomic E-state index is 6.40. The van der Waals surface area contributed by atoms with E-state index >= 15 is 0 Å². The van der Waals surface area contributed by atoms with Gasteiger partial charge in [-0.1, -0.05) is 121 Å². The summed E-state index contributed by atoms with van der Waals surface area (Å²) in [7, 11) is 0. The highest BCUT2D eigenvalue weighted by molar-refractivity contribution is 6.15. The van der Waals surface area contributed by atoms with Gasteiger partial charge >= 0.3 is 0 Å². The first-order valence-electron chi connectivity index (χ1n) is 16.6. The second-order valence-electron chi connectivity index (χ2n) is 12.3. The molecule has 0 spiro atoms. The van der Waals surface area contributed by atoms with Crippen LogP contribution in [0.15, 0.2) is 168 Å². The van der Waals surface area contributed by atoms with Crippen molar-refractivity contribution in [2.75, 3.05) is 0 Å². The molecule has 0 aliphatic carbocycles. The van der Waals surface area contributed by atoms with Gasteiger partial charge in [0.05, 0.1) is 28.5 Å². The second-order valence-corrected chi connectivity index (χ2v) is 12.3. The van der Waals surface area contributed by atoms with Crippen LogP contribution >= 0.6 is 0 Å². The fourth-order valence-corrected chi connectivity index (χ4v) is 7.08. The standard InChI is InChI=1S/C44H27N5O/c1-3-11-28(12-4-1)29-19-21-31(22-20-29)43-46-42(30-13-5-2-6-14-30)47-44(48-43)41-37(23-24-38-40(41)34-25-26-45-27-39(34)50-38)49-35-17-9-7-15-32(35)33-16-8-10-18-36(33)49/h1-27H. The number of pyridine rings is 1. The first kappa shape index (κ1) is 28.1. The minimum atomic E-state index is 0.558. The Morgan fingerprint density at radius 3 is 1.64 bits per heavy atom. The Morgan fingerprint density at radius 1 is 0.420 bits per heavy atom. The third-order valence-electron chi connectivity index (χ3n) is 9.38. The van der Waals surface area contributed by atoms with Crippen molar-refractivity contribution in [1.29, 1.82) is 0 Å². The van der Waals surface area contributed by atoms with Crippen molar-refractivity contribution in [3.05, 3.63) is 164 Å². The fraction of sp³-hybridized carbons (Fsp3) is 0. The number of hydrogen-bond acceptors (Lipinski definition) is 5. The predicted octanol–water partition coefficient (Wildman–Crippen LogP) is 10.9. The number of rotatable bonds is 5. The van der Waals surface area contributed by atoms with Crippen molar-refractivity contribution in [3.63, 3.8) is 0 Å². The van der Waals surface area contributed by atoms with E-state index in [4.69, 9.17) is 19.4 Å². The van der Waals surface area contributed by atoms with Gasteiger partial charge in [-0.2, -0.15) is 0 Å².